The first-order chi connectivity index (χ1) is 11.2. The second-order valence-corrected chi connectivity index (χ2v) is 6.53. The van der Waals surface area contributed by atoms with Crippen LogP contribution in [0.1, 0.15) is 31.2 Å². The third-order valence-electron chi connectivity index (χ3n) is 4.63. The Bertz CT molecular complexity index is 580. The molecule has 0 radical (unpaired) electrons. The summed E-state index contributed by atoms with van der Waals surface area (Å²) < 4.78 is 5.16. The Morgan fingerprint density at radius 3 is 2.74 bits per heavy atom. The van der Waals surface area contributed by atoms with Gasteiger partial charge in [-0.3, -0.25) is 4.79 Å². The van der Waals surface area contributed by atoms with Crippen molar-refractivity contribution in [2.75, 3.05) is 6.61 Å². The number of hydrogen-bond acceptors (Lipinski definition) is 3. The molecule has 1 heterocycles. The standard InChI is InChI=1S/C19H23NO3/c1-2-6-16(11-15-9-10-15)18(21)20-17(13-23-19(20)22)12-14-7-4-3-5-8-14/h2-5,7-8,15-17H,1,6,9-13H2/t16?,17-/m0/s1. The molecular formula is C19H23NO3. The van der Waals surface area contributed by atoms with Crippen molar-refractivity contribution in [3.8, 4) is 0 Å². The summed E-state index contributed by atoms with van der Waals surface area (Å²) in [6, 6.07) is 9.70. The highest BCUT2D eigenvalue weighted by molar-refractivity contribution is 5.95. The maximum absolute atomic E-state index is 12.9. The van der Waals surface area contributed by atoms with E-state index in [1.165, 1.54) is 17.7 Å². The number of amides is 2. The molecule has 2 aliphatic rings. The Morgan fingerprint density at radius 2 is 2.09 bits per heavy atom. The number of cyclic esters (lactones) is 1. The van der Waals surface area contributed by atoms with E-state index in [1.54, 1.807) is 6.08 Å². The highest BCUT2D eigenvalue weighted by Crippen LogP contribution is 2.37. The van der Waals surface area contributed by atoms with Crippen molar-refractivity contribution in [1.82, 2.24) is 4.90 Å². The third-order valence-corrected chi connectivity index (χ3v) is 4.63. The minimum atomic E-state index is -0.499. The van der Waals surface area contributed by atoms with E-state index in [0.717, 1.165) is 12.0 Å². The van der Waals surface area contributed by atoms with Crippen LogP contribution in [-0.2, 0) is 16.0 Å². The first-order valence-corrected chi connectivity index (χ1v) is 8.33. The summed E-state index contributed by atoms with van der Waals surface area (Å²) in [5.41, 5.74) is 1.11. The molecule has 4 nitrogen and oxygen atoms in total. The van der Waals surface area contributed by atoms with Gasteiger partial charge in [-0.15, -0.1) is 6.58 Å². The molecule has 3 rings (SSSR count). The van der Waals surface area contributed by atoms with E-state index in [1.807, 2.05) is 30.3 Å². The highest BCUT2D eigenvalue weighted by atomic mass is 16.6. The van der Waals surface area contributed by atoms with Crippen LogP contribution < -0.4 is 0 Å². The van der Waals surface area contributed by atoms with Crippen molar-refractivity contribution >= 4 is 12.0 Å². The third kappa shape index (κ3) is 3.81. The number of benzene rings is 1. The Hall–Kier alpha value is -2.10. The van der Waals surface area contributed by atoms with Gasteiger partial charge in [0.05, 0.1) is 6.04 Å². The van der Waals surface area contributed by atoms with Gasteiger partial charge in [-0.05, 0) is 30.7 Å². The zero-order valence-electron chi connectivity index (χ0n) is 13.3. The molecular weight excluding hydrogens is 290 g/mol. The van der Waals surface area contributed by atoms with Gasteiger partial charge >= 0.3 is 6.09 Å². The Morgan fingerprint density at radius 1 is 1.35 bits per heavy atom. The highest BCUT2D eigenvalue weighted by Gasteiger charge is 2.41. The predicted octanol–water partition coefficient (Wildman–Crippen LogP) is 3.57. The van der Waals surface area contributed by atoms with Gasteiger partial charge in [0, 0.05) is 5.92 Å². The first kappa shape index (κ1) is 15.8. The number of hydrogen-bond donors (Lipinski definition) is 0. The van der Waals surface area contributed by atoms with Crippen LogP contribution in [0.25, 0.3) is 0 Å². The van der Waals surface area contributed by atoms with Gasteiger partial charge in [0.2, 0.25) is 5.91 Å². The van der Waals surface area contributed by atoms with Gasteiger partial charge in [0.1, 0.15) is 6.61 Å². The lowest BCUT2D eigenvalue weighted by Crippen LogP contribution is -2.43. The van der Waals surface area contributed by atoms with Crippen LogP contribution in [-0.4, -0.2) is 29.5 Å². The van der Waals surface area contributed by atoms with Crippen LogP contribution in [0.15, 0.2) is 43.0 Å². The van der Waals surface area contributed by atoms with E-state index in [9.17, 15) is 9.59 Å². The molecule has 23 heavy (non-hydrogen) atoms. The molecule has 122 valence electrons. The first-order valence-electron chi connectivity index (χ1n) is 8.33. The fourth-order valence-electron chi connectivity index (χ4n) is 3.22. The van der Waals surface area contributed by atoms with E-state index in [0.29, 0.717) is 18.8 Å². The largest absolute Gasteiger partial charge is 0.447 e. The lowest BCUT2D eigenvalue weighted by atomic mass is 9.95. The number of carbonyl (C=O) groups is 2. The second kappa shape index (κ2) is 6.99. The topological polar surface area (TPSA) is 46.6 Å². The number of allylic oxidation sites excluding steroid dienone is 1. The fraction of sp³-hybridized carbons (Fsp3) is 0.474. The molecule has 1 saturated carbocycles. The SMILES string of the molecule is C=CCC(CC1CC1)C(=O)N1C(=O)OC[C@@H]1Cc1ccccc1. The second-order valence-electron chi connectivity index (χ2n) is 6.53. The molecule has 1 aromatic rings. The summed E-state index contributed by atoms with van der Waals surface area (Å²) in [7, 11) is 0. The minimum Gasteiger partial charge on any atom is -0.447 e. The minimum absolute atomic E-state index is 0.0970. The molecule has 4 heteroatoms. The summed E-state index contributed by atoms with van der Waals surface area (Å²) >= 11 is 0. The van der Waals surface area contributed by atoms with Gasteiger partial charge in [-0.1, -0.05) is 49.2 Å². The molecule has 1 aromatic carbocycles. The van der Waals surface area contributed by atoms with Gasteiger partial charge in [-0.25, -0.2) is 9.69 Å². The molecule has 1 aliphatic carbocycles. The molecule has 1 unspecified atom stereocenters. The number of nitrogens with zero attached hydrogens (tertiary/aromatic N) is 1. The van der Waals surface area contributed by atoms with Gasteiger partial charge in [-0.2, -0.15) is 0 Å². The van der Waals surface area contributed by atoms with Crippen LogP contribution in [0, 0.1) is 11.8 Å². The molecule has 0 bridgehead atoms. The molecule has 1 saturated heterocycles. The lowest BCUT2D eigenvalue weighted by Gasteiger charge is -2.24. The average molecular weight is 313 g/mol. The van der Waals surface area contributed by atoms with Crippen LogP contribution in [0.4, 0.5) is 4.79 Å². The number of ether oxygens (including phenoxy) is 1. The fourth-order valence-corrected chi connectivity index (χ4v) is 3.22. The van der Waals surface area contributed by atoms with Gasteiger partial charge in [0.15, 0.2) is 0 Å². The Kier molecular flexibility index (Phi) is 4.79. The van der Waals surface area contributed by atoms with Crippen LogP contribution in [0.2, 0.25) is 0 Å². The zero-order chi connectivity index (χ0) is 16.2. The van der Waals surface area contributed by atoms with E-state index < -0.39 is 6.09 Å². The van der Waals surface area contributed by atoms with Crippen LogP contribution in [0.3, 0.4) is 0 Å². The van der Waals surface area contributed by atoms with Crippen molar-refractivity contribution in [1.29, 1.82) is 0 Å². The summed E-state index contributed by atoms with van der Waals surface area (Å²) in [6.45, 7) is 4.04. The number of imide groups is 1. The van der Waals surface area contributed by atoms with Crippen molar-refractivity contribution < 1.29 is 14.3 Å². The maximum Gasteiger partial charge on any atom is 0.416 e. The molecule has 2 atom stereocenters. The van der Waals surface area contributed by atoms with E-state index in [-0.39, 0.29) is 24.5 Å². The molecule has 0 N–H and O–H groups in total. The molecule has 1 aliphatic heterocycles. The van der Waals surface area contributed by atoms with Crippen molar-refractivity contribution in [2.24, 2.45) is 11.8 Å². The molecule has 0 spiro atoms. The average Bonchev–Trinajstić information content (AvgIpc) is 3.30. The van der Waals surface area contributed by atoms with Crippen molar-refractivity contribution in [2.45, 2.75) is 38.1 Å². The number of carbonyl (C=O) groups excluding carboxylic acids is 2. The molecule has 2 fully saturated rings. The monoisotopic (exact) mass is 313 g/mol. The number of rotatable bonds is 7. The Labute approximate surface area is 137 Å². The normalized spacial score (nSPS) is 21.8. The Balaban J connectivity index is 1.72. The van der Waals surface area contributed by atoms with E-state index in [2.05, 4.69) is 6.58 Å². The smallest absolute Gasteiger partial charge is 0.416 e. The maximum atomic E-state index is 12.9. The lowest BCUT2D eigenvalue weighted by molar-refractivity contribution is -0.133. The summed E-state index contributed by atoms with van der Waals surface area (Å²) in [4.78, 5) is 26.3. The summed E-state index contributed by atoms with van der Waals surface area (Å²) in [5.74, 6) is 0.388. The zero-order valence-corrected chi connectivity index (χ0v) is 13.3. The quantitative estimate of drug-likeness (QED) is 0.723. The van der Waals surface area contributed by atoms with E-state index >= 15 is 0 Å². The van der Waals surface area contributed by atoms with Crippen molar-refractivity contribution in [3.05, 3.63) is 48.6 Å². The molecule has 2 amide bonds. The van der Waals surface area contributed by atoms with Crippen molar-refractivity contribution in [3.63, 3.8) is 0 Å². The molecule has 0 aromatic heterocycles. The van der Waals surface area contributed by atoms with E-state index in [4.69, 9.17) is 4.74 Å². The summed E-state index contributed by atoms with van der Waals surface area (Å²) in [6.07, 6.45) is 5.78. The summed E-state index contributed by atoms with van der Waals surface area (Å²) in [5, 5.41) is 0. The van der Waals surface area contributed by atoms with Gasteiger partial charge < -0.3 is 4.74 Å². The van der Waals surface area contributed by atoms with Crippen LogP contribution >= 0.6 is 0 Å². The van der Waals surface area contributed by atoms with Gasteiger partial charge in [0.25, 0.3) is 0 Å². The van der Waals surface area contributed by atoms with Crippen LogP contribution in [0.5, 0.6) is 0 Å². The predicted molar refractivity (Wildman–Crippen MR) is 87.8 cm³/mol.